The molecule has 0 atom stereocenters. The van der Waals surface area contributed by atoms with E-state index in [1.165, 1.54) is 12.3 Å². The van der Waals surface area contributed by atoms with Crippen LogP contribution in [0.4, 0.5) is 0 Å². The van der Waals surface area contributed by atoms with Crippen molar-refractivity contribution in [1.29, 1.82) is 0 Å². The predicted molar refractivity (Wildman–Crippen MR) is 60.8 cm³/mol. The third-order valence-corrected chi connectivity index (χ3v) is 2.57. The third-order valence-electron chi connectivity index (χ3n) is 2.57. The first-order valence-corrected chi connectivity index (χ1v) is 5.00. The van der Waals surface area contributed by atoms with Gasteiger partial charge in [-0.1, -0.05) is 0 Å². The van der Waals surface area contributed by atoms with Crippen LogP contribution in [0.2, 0.25) is 0 Å². The van der Waals surface area contributed by atoms with Crippen LogP contribution in [0.5, 0.6) is 0 Å². The maximum Gasteiger partial charge on any atom is 0.338 e. The highest BCUT2D eigenvalue weighted by molar-refractivity contribution is 5.94. The normalized spacial score (nSPS) is 10.8. The number of hydrogen-bond acceptors (Lipinski definition) is 3. The number of aromatic carboxylic acids is 1. The Kier molecular flexibility index (Phi) is 1.98. The number of nitrogens with zero attached hydrogens (tertiary/aromatic N) is 1. The highest BCUT2D eigenvalue weighted by Gasteiger charge is 2.12. The van der Waals surface area contributed by atoms with Crippen molar-refractivity contribution < 1.29 is 14.3 Å². The van der Waals surface area contributed by atoms with Crippen molar-refractivity contribution in [3.05, 3.63) is 42.4 Å². The molecule has 0 saturated carbocycles. The maximum atomic E-state index is 10.8. The van der Waals surface area contributed by atoms with Gasteiger partial charge in [-0.05, 0) is 18.2 Å². The van der Waals surface area contributed by atoms with Crippen LogP contribution in [-0.2, 0) is 0 Å². The SMILES string of the molecule is O=C(O)c1coc(-c2ccnc3[nH]ccc23)c1. The second-order valence-electron chi connectivity index (χ2n) is 3.60. The number of aromatic amines is 1. The summed E-state index contributed by atoms with van der Waals surface area (Å²) in [6, 6.07) is 5.17. The minimum atomic E-state index is -1.00. The van der Waals surface area contributed by atoms with Crippen LogP contribution in [-0.4, -0.2) is 21.0 Å². The van der Waals surface area contributed by atoms with Gasteiger partial charge in [0.25, 0.3) is 0 Å². The number of carbonyl (C=O) groups is 1. The molecule has 0 aliphatic heterocycles. The lowest BCUT2D eigenvalue weighted by Gasteiger charge is -1.97. The van der Waals surface area contributed by atoms with Crippen molar-refractivity contribution in [2.24, 2.45) is 0 Å². The van der Waals surface area contributed by atoms with E-state index in [1.807, 2.05) is 6.07 Å². The molecule has 0 spiro atoms. The van der Waals surface area contributed by atoms with Crippen LogP contribution < -0.4 is 0 Å². The molecule has 17 heavy (non-hydrogen) atoms. The lowest BCUT2D eigenvalue weighted by Crippen LogP contribution is -1.91. The monoisotopic (exact) mass is 228 g/mol. The minimum Gasteiger partial charge on any atom is -0.478 e. The van der Waals surface area contributed by atoms with Gasteiger partial charge < -0.3 is 14.5 Å². The molecule has 0 aliphatic rings. The summed E-state index contributed by atoms with van der Waals surface area (Å²) >= 11 is 0. The summed E-state index contributed by atoms with van der Waals surface area (Å²) in [7, 11) is 0. The summed E-state index contributed by atoms with van der Waals surface area (Å²) < 4.78 is 5.27. The van der Waals surface area contributed by atoms with E-state index in [9.17, 15) is 4.79 Å². The standard InChI is InChI=1S/C12H8N2O3/c15-12(16)7-5-10(17-6-7)8-1-3-13-11-9(8)2-4-14-11/h1-6H,(H,13,14)(H,15,16). The van der Waals surface area contributed by atoms with Crippen molar-refractivity contribution in [2.75, 3.05) is 0 Å². The molecule has 0 fully saturated rings. The number of pyridine rings is 1. The lowest BCUT2D eigenvalue weighted by molar-refractivity contribution is 0.0696. The van der Waals surface area contributed by atoms with Crippen LogP contribution >= 0.6 is 0 Å². The predicted octanol–water partition coefficient (Wildman–Crippen LogP) is 2.52. The number of fused-ring (bicyclic) bond motifs is 1. The van der Waals surface area contributed by atoms with Gasteiger partial charge in [-0.25, -0.2) is 9.78 Å². The summed E-state index contributed by atoms with van der Waals surface area (Å²) in [5.41, 5.74) is 1.71. The molecule has 3 rings (SSSR count). The van der Waals surface area contributed by atoms with Crippen LogP contribution in [0.25, 0.3) is 22.4 Å². The highest BCUT2D eigenvalue weighted by atomic mass is 16.4. The average molecular weight is 228 g/mol. The van der Waals surface area contributed by atoms with E-state index in [-0.39, 0.29) is 5.56 Å². The summed E-state index contributed by atoms with van der Waals surface area (Å²) in [4.78, 5) is 17.9. The van der Waals surface area contributed by atoms with Crippen LogP contribution in [0.3, 0.4) is 0 Å². The number of furan rings is 1. The number of carboxylic acids is 1. The van der Waals surface area contributed by atoms with Gasteiger partial charge in [0.2, 0.25) is 0 Å². The quantitative estimate of drug-likeness (QED) is 0.706. The fourth-order valence-corrected chi connectivity index (χ4v) is 1.77. The molecule has 3 heterocycles. The van der Waals surface area contributed by atoms with Gasteiger partial charge in [-0.2, -0.15) is 0 Å². The van der Waals surface area contributed by atoms with E-state index in [2.05, 4.69) is 9.97 Å². The Balaban J connectivity index is 2.19. The summed E-state index contributed by atoms with van der Waals surface area (Å²) in [6.45, 7) is 0. The summed E-state index contributed by atoms with van der Waals surface area (Å²) in [5, 5.41) is 9.74. The topological polar surface area (TPSA) is 79.1 Å². The second kappa shape index (κ2) is 3.48. The first-order valence-electron chi connectivity index (χ1n) is 5.00. The fraction of sp³-hybridized carbons (Fsp3) is 0. The van der Waals surface area contributed by atoms with Crippen molar-refractivity contribution in [3.8, 4) is 11.3 Å². The number of carboxylic acid groups (broad SMARTS) is 1. The van der Waals surface area contributed by atoms with Gasteiger partial charge in [0.1, 0.15) is 17.7 Å². The summed E-state index contributed by atoms with van der Waals surface area (Å²) in [6.07, 6.45) is 4.66. The Morgan fingerprint density at radius 1 is 1.41 bits per heavy atom. The van der Waals surface area contributed by atoms with Crippen molar-refractivity contribution in [1.82, 2.24) is 9.97 Å². The van der Waals surface area contributed by atoms with Crippen LogP contribution in [0.1, 0.15) is 10.4 Å². The number of H-pyrrole nitrogens is 1. The Bertz CT molecular complexity index is 696. The largest absolute Gasteiger partial charge is 0.478 e. The molecule has 5 nitrogen and oxygen atoms in total. The molecule has 2 N–H and O–H groups in total. The zero-order valence-electron chi connectivity index (χ0n) is 8.68. The zero-order chi connectivity index (χ0) is 11.8. The number of nitrogens with one attached hydrogen (secondary N) is 1. The van der Waals surface area contributed by atoms with Gasteiger partial charge in [-0.3, -0.25) is 0 Å². The minimum absolute atomic E-state index is 0.139. The number of aromatic nitrogens is 2. The van der Waals surface area contributed by atoms with Gasteiger partial charge in [0.15, 0.2) is 0 Å². The van der Waals surface area contributed by atoms with E-state index >= 15 is 0 Å². The second-order valence-corrected chi connectivity index (χ2v) is 3.60. The van der Waals surface area contributed by atoms with E-state index in [0.717, 1.165) is 16.6 Å². The molecule has 0 bridgehead atoms. The smallest absolute Gasteiger partial charge is 0.338 e. The van der Waals surface area contributed by atoms with E-state index in [4.69, 9.17) is 9.52 Å². The summed E-state index contributed by atoms with van der Waals surface area (Å²) in [5.74, 6) is -0.478. The molecule has 0 unspecified atom stereocenters. The first kappa shape index (κ1) is 9.65. The van der Waals surface area contributed by atoms with Crippen molar-refractivity contribution in [3.63, 3.8) is 0 Å². The van der Waals surface area contributed by atoms with E-state index in [1.54, 1.807) is 18.5 Å². The molecular formula is C12H8N2O3. The van der Waals surface area contributed by atoms with E-state index in [0.29, 0.717) is 5.76 Å². The molecule has 0 amide bonds. The fourth-order valence-electron chi connectivity index (χ4n) is 1.77. The molecule has 3 aromatic rings. The lowest BCUT2D eigenvalue weighted by atomic mass is 10.1. The van der Waals surface area contributed by atoms with Gasteiger partial charge in [0.05, 0.1) is 5.56 Å². The van der Waals surface area contributed by atoms with Crippen molar-refractivity contribution in [2.45, 2.75) is 0 Å². The van der Waals surface area contributed by atoms with Crippen LogP contribution in [0.15, 0.2) is 41.3 Å². The van der Waals surface area contributed by atoms with Gasteiger partial charge in [-0.15, -0.1) is 0 Å². The first-order chi connectivity index (χ1) is 8.25. The average Bonchev–Trinajstić information content (AvgIpc) is 2.97. The molecule has 3 aromatic heterocycles. The van der Waals surface area contributed by atoms with E-state index < -0.39 is 5.97 Å². The molecule has 0 aliphatic carbocycles. The molecule has 5 heteroatoms. The van der Waals surface area contributed by atoms with Gasteiger partial charge in [0, 0.05) is 23.3 Å². The highest BCUT2D eigenvalue weighted by Crippen LogP contribution is 2.28. The van der Waals surface area contributed by atoms with Crippen molar-refractivity contribution >= 4 is 17.0 Å². The van der Waals surface area contributed by atoms with Crippen LogP contribution in [0, 0.1) is 0 Å². The Labute approximate surface area is 95.7 Å². The molecule has 84 valence electrons. The maximum absolute atomic E-state index is 10.8. The van der Waals surface area contributed by atoms with Gasteiger partial charge >= 0.3 is 5.97 Å². The number of hydrogen-bond donors (Lipinski definition) is 2. The Morgan fingerprint density at radius 2 is 2.29 bits per heavy atom. The molecule has 0 saturated heterocycles. The molecular weight excluding hydrogens is 220 g/mol. The number of rotatable bonds is 2. The molecule has 0 aromatic carbocycles. The zero-order valence-corrected chi connectivity index (χ0v) is 8.68. The third kappa shape index (κ3) is 1.48. The molecule has 0 radical (unpaired) electrons. The Morgan fingerprint density at radius 3 is 3.06 bits per heavy atom. The Hall–Kier alpha value is -2.56.